The molecular weight excluding hydrogens is 326 g/mol. The van der Waals surface area contributed by atoms with Crippen LogP contribution in [0.3, 0.4) is 0 Å². The highest BCUT2D eigenvalue weighted by atomic mass is 16.5. The van der Waals surface area contributed by atoms with Gasteiger partial charge in [0.1, 0.15) is 0 Å². The van der Waals surface area contributed by atoms with Crippen molar-refractivity contribution in [3.63, 3.8) is 0 Å². The first-order valence-electron chi connectivity index (χ1n) is 10.8. The van der Waals surface area contributed by atoms with Gasteiger partial charge in [0.15, 0.2) is 5.96 Å². The quantitative estimate of drug-likeness (QED) is 0.572. The Morgan fingerprint density at radius 3 is 2.58 bits per heavy atom. The number of ether oxygens (including phenoxy) is 1. The van der Waals surface area contributed by atoms with Crippen LogP contribution >= 0.6 is 0 Å². The summed E-state index contributed by atoms with van der Waals surface area (Å²) in [6.07, 6.45) is 8.95. The Balaban J connectivity index is 1.32. The number of nitrogens with one attached hydrogen (secondary N) is 2. The maximum Gasteiger partial charge on any atom is 0.191 e. The topological polar surface area (TPSA) is 52.1 Å². The number of aliphatic imine (C=N–C) groups is 1. The average molecular weight is 364 g/mol. The summed E-state index contributed by atoms with van der Waals surface area (Å²) in [5, 5.41) is 7.38. The van der Waals surface area contributed by atoms with Crippen LogP contribution < -0.4 is 10.6 Å². The van der Waals surface area contributed by atoms with Crippen LogP contribution in [0.25, 0.3) is 0 Å². The Morgan fingerprint density at radius 1 is 1.19 bits per heavy atom. The van der Waals surface area contributed by atoms with E-state index in [9.17, 15) is 0 Å². The molecule has 0 bridgehead atoms. The zero-order valence-corrected chi connectivity index (χ0v) is 16.7. The number of hydrogen-bond acceptors (Lipinski definition) is 4. The number of rotatable bonds is 5. The van der Waals surface area contributed by atoms with Gasteiger partial charge in [0.2, 0.25) is 0 Å². The fourth-order valence-electron chi connectivity index (χ4n) is 5.26. The summed E-state index contributed by atoms with van der Waals surface area (Å²) in [7, 11) is 1.90. The molecule has 4 fully saturated rings. The standard InChI is InChI=1S/C20H37N5O/c1-16-13-17(14-25(16)18-5-6-18)23-19(21-2)22-15-20(7-11-26-12-8-20)24-9-3-4-10-24/h16-18H,3-15H2,1-2H3,(H2,21,22,23). The van der Waals surface area contributed by atoms with Gasteiger partial charge in [-0.3, -0.25) is 14.8 Å². The van der Waals surface area contributed by atoms with Gasteiger partial charge < -0.3 is 15.4 Å². The third-order valence-electron chi connectivity index (χ3n) is 6.99. The highest BCUT2D eigenvalue weighted by molar-refractivity contribution is 5.80. The van der Waals surface area contributed by atoms with Crippen molar-refractivity contribution in [1.82, 2.24) is 20.4 Å². The van der Waals surface area contributed by atoms with E-state index in [-0.39, 0.29) is 5.54 Å². The smallest absolute Gasteiger partial charge is 0.191 e. The summed E-state index contributed by atoms with van der Waals surface area (Å²) in [6, 6.07) is 2.08. The Labute approximate surface area is 158 Å². The van der Waals surface area contributed by atoms with Gasteiger partial charge in [0.25, 0.3) is 0 Å². The van der Waals surface area contributed by atoms with Crippen molar-refractivity contribution in [3.8, 4) is 0 Å². The minimum atomic E-state index is 0.245. The van der Waals surface area contributed by atoms with Crippen molar-refractivity contribution in [3.05, 3.63) is 0 Å². The van der Waals surface area contributed by atoms with E-state index < -0.39 is 0 Å². The van der Waals surface area contributed by atoms with Crippen molar-refractivity contribution < 1.29 is 4.74 Å². The first-order chi connectivity index (χ1) is 12.7. The molecule has 4 aliphatic rings. The van der Waals surface area contributed by atoms with E-state index in [2.05, 4.69) is 32.3 Å². The third kappa shape index (κ3) is 4.02. The lowest BCUT2D eigenvalue weighted by Crippen LogP contribution is -2.59. The van der Waals surface area contributed by atoms with Crippen LogP contribution in [0.5, 0.6) is 0 Å². The molecule has 3 heterocycles. The van der Waals surface area contributed by atoms with Gasteiger partial charge in [-0.2, -0.15) is 0 Å². The predicted molar refractivity (Wildman–Crippen MR) is 106 cm³/mol. The molecule has 26 heavy (non-hydrogen) atoms. The lowest BCUT2D eigenvalue weighted by atomic mass is 9.88. The first-order valence-corrected chi connectivity index (χ1v) is 10.8. The maximum atomic E-state index is 5.67. The van der Waals surface area contributed by atoms with Crippen molar-refractivity contribution in [2.45, 2.75) is 75.5 Å². The van der Waals surface area contributed by atoms with Gasteiger partial charge in [-0.15, -0.1) is 0 Å². The summed E-state index contributed by atoms with van der Waals surface area (Å²) in [6.45, 7) is 8.78. The highest BCUT2D eigenvalue weighted by Gasteiger charge is 2.41. The molecule has 6 heteroatoms. The molecule has 6 nitrogen and oxygen atoms in total. The number of guanidine groups is 1. The molecule has 3 saturated heterocycles. The second-order valence-electron chi connectivity index (χ2n) is 8.81. The first kappa shape index (κ1) is 18.5. The molecule has 2 unspecified atom stereocenters. The molecule has 4 rings (SSSR count). The van der Waals surface area contributed by atoms with Crippen LogP contribution in [0, 0.1) is 0 Å². The summed E-state index contributed by atoms with van der Waals surface area (Å²) in [5.74, 6) is 0.977. The van der Waals surface area contributed by atoms with E-state index in [1.54, 1.807) is 0 Å². The molecule has 1 saturated carbocycles. The molecule has 0 amide bonds. The van der Waals surface area contributed by atoms with Crippen LogP contribution in [0.2, 0.25) is 0 Å². The number of hydrogen-bond donors (Lipinski definition) is 2. The van der Waals surface area contributed by atoms with Gasteiger partial charge in [-0.1, -0.05) is 0 Å². The molecule has 0 radical (unpaired) electrons. The van der Waals surface area contributed by atoms with E-state index >= 15 is 0 Å². The molecule has 1 aliphatic carbocycles. The number of nitrogens with zero attached hydrogens (tertiary/aromatic N) is 3. The van der Waals surface area contributed by atoms with E-state index in [0.29, 0.717) is 12.1 Å². The predicted octanol–water partition coefficient (Wildman–Crippen LogP) is 1.42. The summed E-state index contributed by atoms with van der Waals surface area (Å²) < 4.78 is 5.67. The second-order valence-corrected chi connectivity index (χ2v) is 8.81. The molecule has 0 aromatic heterocycles. The van der Waals surface area contributed by atoms with Crippen molar-refractivity contribution >= 4 is 5.96 Å². The lowest BCUT2D eigenvalue weighted by molar-refractivity contribution is -0.0164. The van der Waals surface area contributed by atoms with E-state index in [1.165, 1.54) is 45.2 Å². The molecule has 148 valence electrons. The molecule has 0 aromatic carbocycles. The van der Waals surface area contributed by atoms with E-state index in [0.717, 1.165) is 51.1 Å². The van der Waals surface area contributed by atoms with Crippen LogP contribution in [0.4, 0.5) is 0 Å². The molecule has 0 spiro atoms. The highest BCUT2D eigenvalue weighted by Crippen LogP contribution is 2.33. The minimum absolute atomic E-state index is 0.245. The number of likely N-dealkylation sites (tertiary alicyclic amines) is 2. The van der Waals surface area contributed by atoms with Gasteiger partial charge in [-0.05, 0) is 65.0 Å². The van der Waals surface area contributed by atoms with E-state index in [1.807, 2.05) is 7.05 Å². The fraction of sp³-hybridized carbons (Fsp3) is 0.950. The second kappa shape index (κ2) is 8.03. The maximum absolute atomic E-state index is 5.67. The average Bonchev–Trinajstić information content (AvgIpc) is 3.21. The zero-order chi connectivity index (χ0) is 18.0. The van der Waals surface area contributed by atoms with Gasteiger partial charge in [-0.25, -0.2) is 0 Å². The Morgan fingerprint density at radius 2 is 1.92 bits per heavy atom. The zero-order valence-electron chi connectivity index (χ0n) is 16.7. The van der Waals surface area contributed by atoms with Crippen molar-refractivity contribution in [2.75, 3.05) is 46.4 Å². The van der Waals surface area contributed by atoms with Crippen LogP contribution in [0.1, 0.15) is 51.9 Å². The van der Waals surface area contributed by atoms with E-state index in [4.69, 9.17) is 4.74 Å². The van der Waals surface area contributed by atoms with Gasteiger partial charge in [0, 0.05) is 57.0 Å². The van der Waals surface area contributed by atoms with Crippen LogP contribution in [-0.2, 0) is 4.74 Å². The Bertz CT molecular complexity index is 494. The van der Waals surface area contributed by atoms with Crippen LogP contribution in [-0.4, -0.2) is 85.9 Å². The molecule has 3 aliphatic heterocycles. The molecule has 2 atom stereocenters. The minimum Gasteiger partial charge on any atom is -0.381 e. The monoisotopic (exact) mass is 363 g/mol. The molecule has 2 N–H and O–H groups in total. The Kier molecular flexibility index (Phi) is 5.72. The largest absolute Gasteiger partial charge is 0.381 e. The van der Waals surface area contributed by atoms with Crippen LogP contribution in [0.15, 0.2) is 4.99 Å². The lowest BCUT2D eigenvalue weighted by Gasteiger charge is -2.45. The SMILES string of the molecule is CN=C(NCC1(N2CCCC2)CCOCC1)NC1CC(C)N(C2CC2)C1. The fourth-order valence-corrected chi connectivity index (χ4v) is 5.26. The van der Waals surface area contributed by atoms with Crippen molar-refractivity contribution in [1.29, 1.82) is 0 Å². The summed E-state index contributed by atoms with van der Waals surface area (Å²) in [4.78, 5) is 9.93. The van der Waals surface area contributed by atoms with Gasteiger partial charge in [0.05, 0.1) is 0 Å². The third-order valence-corrected chi connectivity index (χ3v) is 6.99. The Hall–Kier alpha value is -0.850. The molecular formula is C20H37N5O. The van der Waals surface area contributed by atoms with Gasteiger partial charge >= 0.3 is 0 Å². The molecule has 0 aromatic rings. The summed E-state index contributed by atoms with van der Waals surface area (Å²) >= 11 is 0. The summed E-state index contributed by atoms with van der Waals surface area (Å²) in [5.41, 5.74) is 0.245. The van der Waals surface area contributed by atoms with Crippen molar-refractivity contribution in [2.24, 2.45) is 4.99 Å². The normalized spacial score (nSPS) is 33.5.